The smallest absolute Gasteiger partial charge is 0.269 e. The molecule has 0 radical (unpaired) electrons. The number of benzene rings is 1. The van der Waals surface area contributed by atoms with Crippen LogP contribution in [0.1, 0.15) is 18.9 Å². The average Bonchev–Trinajstić information content (AvgIpc) is 2.80. The highest BCUT2D eigenvalue weighted by Crippen LogP contribution is 2.32. The van der Waals surface area contributed by atoms with Crippen LogP contribution in [0.2, 0.25) is 0 Å². The molecule has 1 aliphatic heterocycles. The number of nitriles is 1. The van der Waals surface area contributed by atoms with Crippen molar-refractivity contribution in [3.8, 4) is 17.2 Å². The molecule has 0 saturated carbocycles. The van der Waals surface area contributed by atoms with Crippen LogP contribution in [0, 0.1) is 17.1 Å². The van der Waals surface area contributed by atoms with E-state index in [1.807, 2.05) is 0 Å². The van der Waals surface area contributed by atoms with Crippen molar-refractivity contribution < 1.29 is 4.39 Å². The lowest BCUT2D eigenvalue weighted by Crippen LogP contribution is -2.37. The molecule has 0 atom stereocenters. The molecule has 4 heterocycles. The fourth-order valence-electron chi connectivity index (χ4n) is 4.42. The molecule has 160 valence electrons. The maximum absolute atomic E-state index is 14.9. The first kappa shape index (κ1) is 20.0. The third-order valence-electron chi connectivity index (χ3n) is 6.02. The van der Waals surface area contributed by atoms with Gasteiger partial charge >= 0.3 is 0 Å². The van der Waals surface area contributed by atoms with Gasteiger partial charge in [-0.25, -0.2) is 14.4 Å². The molecule has 0 bridgehead atoms. The number of anilines is 1. The van der Waals surface area contributed by atoms with E-state index in [4.69, 9.17) is 11.0 Å². The maximum Gasteiger partial charge on any atom is 0.269 e. The van der Waals surface area contributed by atoms with Crippen molar-refractivity contribution in [2.45, 2.75) is 18.9 Å². The number of nitrogens with two attached hydrogens (primary N) is 1. The fourth-order valence-corrected chi connectivity index (χ4v) is 4.42. The second-order valence-electron chi connectivity index (χ2n) is 7.94. The van der Waals surface area contributed by atoms with Crippen LogP contribution < -0.4 is 11.3 Å². The first-order chi connectivity index (χ1) is 15.5. The van der Waals surface area contributed by atoms with Gasteiger partial charge in [0.2, 0.25) is 0 Å². The Morgan fingerprint density at radius 3 is 2.59 bits per heavy atom. The first-order valence-corrected chi connectivity index (χ1v) is 10.4. The molecule has 0 amide bonds. The number of rotatable bonds is 3. The monoisotopic (exact) mass is 429 g/mol. The number of likely N-dealkylation sites (tertiary alicyclic amines) is 1. The third-order valence-corrected chi connectivity index (χ3v) is 6.02. The van der Waals surface area contributed by atoms with Gasteiger partial charge in [0.05, 0.1) is 36.0 Å². The minimum atomic E-state index is -0.432. The lowest BCUT2D eigenvalue weighted by atomic mass is 10.0. The van der Waals surface area contributed by atoms with Crippen LogP contribution in [0.25, 0.3) is 33.1 Å². The fraction of sp³-hybridized carbons (Fsp3) is 0.261. The molecule has 2 N–H and O–H groups in total. The van der Waals surface area contributed by atoms with Crippen molar-refractivity contribution in [1.29, 1.82) is 5.26 Å². The summed E-state index contributed by atoms with van der Waals surface area (Å²) in [7, 11) is 0. The number of pyridine rings is 2. The summed E-state index contributed by atoms with van der Waals surface area (Å²) in [5.74, 6) is -0.0821. The summed E-state index contributed by atoms with van der Waals surface area (Å²) in [6, 6.07) is 8.54. The van der Waals surface area contributed by atoms with Crippen LogP contribution in [-0.2, 0) is 0 Å². The van der Waals surface area contributed by atoms with Crippen LogP contribution in [0.4, 0.5) is 10.2 Å². The molecule has 0 spiro atoms. The summed E-state index contributed by atoms with van der Waals surface area (Å²) in [5.41, 5.74) is 8.07. The number of nitrogens with zero attached hydrogens (tertiary/aromatic N) is 6. The van der Waals surface area contributed by atoms with E-state index in [0.29, 0.717) is 45.4 Å². The van der Waals surface area contributed by atoms with Crippen LogP contribution in [-0.4, -0.2) is 44.1 Å². The van der Waals surface area contributed by atoms with Gasteiger partial charge in [-0.15, -0.1) is 0 Å². The number of fused-ring (bicyclic) bond motifs is 3. The first-order valence-electron chi connectivity index (χ1n) is 10.4. The number of nitrogen functional groups attached to an aromatic ring is 1. The topological polar surface area (TPSA) is 114 Å². The van der Waals surface area contributed by atoms with E-state index in [0.717, 1.165) is 25.9 Å². The standard InChI is InChI=1S/C23H20FN7O/c24-18-10-19-17(9-16(18)14-1-2-21(26)29-11-14)23-20(12-27-19)28-13-22(32)31(23)15-3-6-30(7-4-15)8-5-25/h1-2,9-13,15H,3-4,6-8H2,(H2,26,29). The summed E-state index contributed by atoms with van der Waals surface area (Å²) < 4.78 is 16.7. The highest BCUT2D eigenvalue weighted by Gasteiger charge is 2.24. The van der Waals surface area contributed by atoms with Gasteiger partial charge in [-0.1, -0.05) is 0 Å². The molecule has 0 unspecified atom stereocenters. The number of hydrogen-bond acceptors (Lipinski definition) is 7. The molecule has 1 aliphatic rings. The van der Waals surface area contributed by atoms with Gasteiger partial charge in [0.15, 0.2) is 0 Å². The zero-order chi connectivity index (χ0) is 22.2. The van der Waals surface area contributed by atoms with Crippen LogP contribution >= 0.6 is 0 Å². The molecule has 0 aliphatic carbocycles. The van der Waals surface area contributed by atoms with Crippen LogP contribution in [0.3, 0.4) is 0 Å². The summed E-state index contributed by atoms with van der Waals surface area (Å²) in [6.45, 7) is 1.84. The number of piperidine rings is 1. The van der Waals surface area contributed by atoms with Crippen molar-refractivity contribution in [3.05, 3.63) is 59.0 Å². The SMILES string of the molecule is N#CCN1CCC(n2c(=O)cnc3cnc4cc(F)c(-c5ccc(N)nc5)cc4c32)CC1. The number of hydrogen-bond donors (Lipinski definition) is 1. The van der Waals surface area contributed by atoms with E-state index in [1.54, 1.807) is 29.0 Å². The quantitative estimate of drug-likeness (QED) is 0.393. The summed E-state index contributed by atoms with van der Waals surface area (Å²) in [5, 5.41) is 9.61. The minimum Gasteiger partial charge on any atom is -0.384 e. The maximum atomic E-state index is 14.9. The second kappa shape index (κ2) is 7.98. The van der Waals surface area contributed by atoms with Gasteiger partial charge in [0.1, 0.15) is 17.2 Å². The largest absolute Gasteiger partial charge is 0.384 e. The average molecular weight is 429 g/mol. The zero-order valence-electron chi connectivity index (χ0n) is 17.2. The molecule has 8 nitrogen and oxygen atoms in total. The van der Waals surface area contributed by atoms with Gasteiger partial charge in [0, 0.05) is 47.9 Å². The Labute approximate surface area is 182 Å². The second-order valence-corrected chi connectivity index (χ2v) is 7.94. The molecule has 9 heteroatoms. The number of aromatic nitrogens is 4. The Bertz CT molecular complexity index is 1420. The summed E-state index contributed by atoms with van der Waals surface area (Å²) in [4.78, 5) is 27.8. The lowest BCUT2D eigenvalue weighted by Gasteiger charge is -2.32. The predicted molar refractivity (Wildman–Crippen MR) is 119 cm³/mol. The molecule has 3 aromatic heterocycles. The molecule has 1 aromatic carbocycles. The zero-order valence-corrected chi connectivity index (χ0v) is 17.2. The van der Waals surface area contributed by atoms with Crippen LogP contribution in [0.5, 0.6) is 0 Å². The Kier molecular flexibility index (Phi) is 4.99. The number of halogens is 1. The van der Waals surface area contributed by atoms with Gasteiger partial charge in [0.25, 0.3) is 5.56 Å². The highest BCUT2D eigenvalue weighted by molar-refractivity contribution is 6.03. The summed E-state index contributed by atoms with van der Waals surface area (Å²) >= 11 is 0. The Hall–Kier alpha value is -3.90. The summed E-state index contributed by atoms with van der Waals surface area (Å²) in [6.07, 6.45) is 5.88. The molecular formula is C23H20FN7O. The van der Waals surface area contributed by atoms with Crippen molar-refractivity contribution in [1.82, 2.24) is 24.4 Å². The van der Waals surface area contributed by atoms with E-state index in [-0.39, 0.29) is 11.6 Å². The van der Waals surface area contributed by atoms with Crippen molar-refractivity contribution in [2.75, 3.05) is 25.4 Å². The van der Waals surface area contributed by atoms with Gasteiger partial charge in [-0.2, -0.15) is 5.26 Å². The Morgan fingerprint density at radius 2 is 1.88 bits per heavy atom. The van der Waals surface area contributed by atoms with E-state index < -0.39 is 5.82 Å². The molecular weight excluding hydrogens is 409 g/mol. The normalized spacial score (nSPS) is 15.2. The van der Waals surface area contributed by atoms with E-state index >= 15 is 0 Å². The molecule has 1 saturated heterocycles. The van der Waals surface area contributed by atoms with Gasteiger partial charge in [-0.3, -0.25) is 14.7 Å². The highest BCUT2D eigenvalue weighted by atomic mass is 19.1. The van der Waals surface area contributed by atoms with Crippen molar-refractivity contribution in [2.24, 2.45) is 0 Å². The Morgan fingerprint density at radius 1 is 1.09 bits per heavy atom. The Balaban J connectivity index is 1.71. The van der Waals surface area contributed by atoms with Crippen LogP contribution in [0.15, 0.2) is 47.7 Å². The van der Waals surface area contributed by atoms with Crippen molar-refractivity contribution in [3.63, 3.8) is 0 Å². The lowest BCUT2D eigenvalue weighted by molar-refractivity contribution is 0.205. The minimum absolute atomic E-state index is 0.0414. The molecule has 4 aromatic rings. The third kappa shape index (κ3) is 3.44. The van der Waals surface area contributed by atoms with Gasteiger partial charge in [-0.05, 0) is 31.0 Å². The predicted octanol–water partition coefficient (Wildman–Crippen LogP) is 2.89. The molecule has 32 heavy (non-hydrogen) atoms. The van der Waals surface area contributed by atoms with E-state index in [2.05, 4.69) is 25.9 Å². The van der Waals surface area contributed by atoms with E-state index in [9.17, 15) is 9.18 Å². The molecule has 1 fully saturated rings. The van der Waals surface area contributed by atoms with Crippen molar-refractivity contribution >= 4 is 27.8 Å². The van der Waals surface area contributed by atoms with Gasteiger partial charge < -0.3 is 10.3 Å². The van der Waals surface area contributed by atoms with E-state index in [1.165, 1.54) is 18.5 Å². The molecule has 5 rings (SSSR count).